The molecule has 1 aromatic carbocycles. The first-order valence-electron chi connectivity index (χ1n) is 5.47. The molecule has 0 aliphatic rings. The SMILES string of the molecule is CCC(CC)Oc1ccc(C#N)cc1[N+](=O)[O-]. The molecule has 90 valence electrons. The van der Waals surface area contributed by atoms with Crippen LogP contribution in [0.4, 0.5) is 5.69 Å². The van der Waals surface area contributed by atoms with Crippen molar-refractivity contribution in [3.63, 3.8) is 0 Å². The number of hydrogen-bond acceptors (Lipinski definition) is 4. The second-order valence-electron chi connectivity index (χ2n) is 3.61. The summed E-state index contributed by atoms with van der Waals surface area (Å²) in [7, 11) is 0. The van der Waals surface area contributed by atoms with Crippen LogP contribution < -0.4 is 4.74 Å². The van der Waals surface area contributed by atoms with Gasteiger partial charge in [0, 0.05) is 6.07 Å². The highest BCUT2D eigenvalue weighted by Gasteiger charge is 2.18. The van der Waals surface area contributed by atoms with Gasteiger partial charge in [0.1, 0.15) is 0 Å². The average molecular weight is 234 g/mol. The molecule has 1 rings (SSSR count). The minimum Gasteiger partial charge on any atom is -0.484 e. The van der Waals surface area contributed by atoms with Crippen molar-refractivity contribution in [1.29, 1.82) is 5.26 Å². The Morgan fingerprint density at radius 1 is 1.47 bits per heavy atom. The summed E-state index contributed by atoms with van der Waals surface area (Å²) in [6.07, 6.45) is 1.53. The van der Waals surface area contributed by atoms with Gasteiger partial charge < -0.3 is 4.74 Å². The maximum absolute atomic E-state index is 10.9. The Kier molecular flexibility index (Phi) is 4.46. The number of rotatable bonds is 5. The first-order chi connectivity index (χ1) is 8.12. The largest absolute Gasteiger partial charge is 0.484 e. The van der Waals surface area contributed by atoms with Gasteiger partial charge in [0.15, 0.2) is 5.75 Å². The number of benzene rings is 1. The Labute approximate surface area is 99.8 Å². The van der Waals surface area contributed by atoms with E-state index in [0.717, 1.165) is 12.8 Å². The third-order valence-electron chi connectivity index (χ3n) is 2.49. The second-order valence-corrected chi connectivity index (χ2v) is 3.61. The van der Waals surface area contributed by atoms with Crippen molar-refractivity contribution in [2.45, 2.75) is 32.8 Å². The molecule has 0 N–H and O–H groups in total. The molecular weight excluding hydrogens is 220 g/mol. The van der Waals surface area contributed by atoms with Crippen LogP contribution in [0.2, 0.25) is 0 Å². The Bertz CT molecular complexity index is 448. The Morgan fingerprint density at radius 3 is 2.59 bits per heavy atom. The van der Waals surface area contributed by atoms with Crippen LogP contribution in [0.5, 0.6) is 5.75 Å². The van der Waals surface area contributed by atoms with Crippen molar-refractivity contribution in [3.8, 4) is 11.8 Å². The van der Waals surface area contributed by atoms with Crippen LogP contribution in [0.3, 0.4) is 0 Å². The molecule has 0 saturated heterocycles. The molecule has 1 aromatic rings. The van der Waals surface area contributed by atoms with E-state index in [1.165, 1.54) is 18.2 Å². The average Bonchev–Trinajstić information content (AvgIpc) is 2.35. The lowest BCUT2D eigenvalue weighted by Crippen LogP contribution is -2.14. The van der Waals surface area contributed by atoms with E-state index in [4.69, 9.17) is 10.00 Å². The van der Waals surface area contributed by atoms with Gasteiger partial charge in [-0.15, -0.1) is 0 Å². The van der Waals surface area contributed by atoms with E-state index in [0.29, 0.717) is 0 Å². The van der Waals surface area contributed by atoms with E-state index >= 15 is 0 Å². The predicted molar refractivity (Wildman–Crippen MR) is 62.8 cm³/mol. The Hall–Kier alpha value is -2.09. The molecule has 0 spiro atoms. The van der Waals surface area contributed by atoms with Crippen LogP contribution in [-0.2, 0) is 0 Å². The molecule has 0 saturated carbocycles. The number of ether oxygens (including phenoxy) is 1. The van der Waals surface area contributed by atoms with Crippen LogP contribution in [-0.4, -0.2) is 11.0 Å². The lowest BCUT2D eigenvalue weighted by Gasteiger charge is -2.15. The van der Waals surface area contributed by atoms with E-state index in [1.807, 2.05) is 19.9 Å². The first-order valence-corrected chi connectivity index (χ1v) is 5.47. The molecule has 0 aromatic heterocycles. The minimum atomic E-state index is -0.529. The van der Waals surface area contributed by atoms with Crippen molar-refractivity contribution < 1.29 is 9.66 Å². The molecule has 0 fully saturated rings. The summed E-state index contributed by atoms with van der Waals surface area (Å²) in [5, 5.41) is 19.6. The van der Waals surface area contributed by atoms with Gasteiger partial charge in [-0.2, -0.15) is 5.26 Å². The molecule has 5 heteroatoms. The first kappa shape index (κ1) is 13.0. The van der Waals surface area contributed by atoms with Crippen LogP contribution >= 0.6 is 0 Å². The van der Waals surface area contributed by atoms with Crippen LogP contribution in [0.15, 0.2) is 18.2 Å². The highest BCUT2D eigenvalue weighted by Crippen LogP contribution is 2.29. The minimum absolute atomic E-state index is 0.0402. The standard InChI is InChI=1S/C12H14N2O3/c1-3-10(4-2)17-12-6-5-9(8-13)7-11(12)14(15)16/h5-7,10H,3-4H2,1-2H3. The summed E-state index contributed by atoms with van der Waals surface area (Å²) in [5.41, 5.74) is 0.101. The smallest absolute Gasteiger partial charge is 0.312 e. The van der Waals surface area contributed by atoms with Crippen LogP contribution in [0.1, 0.15) is 32.3 Å². The van der Waals surface area contributed by atoms with Gasteiger partial charge in [0.2, 0.25) is 0 Å². The van der Waals surface area contributed by atoms with E-state index in [1.54, 1.807) is 0 Å². The molecule has 0 atom stereocenters. The van der Waals surface area contributed by atoms with Gasteiger partial charge in [0.25, 0.3) is 0 Å². The van der Waals surface area contributed by atoms with Crippen molar-refractivity contribution in [3.05, 3.63) is 33.9 Å². The summed E-state index contributed by atoms with van der Waals surface area (Å²) in [6, 6.07) is 6.10. The Morgan fingerprint density at radius 2 is 2.12 bits per heavy atom. The van der Waals surface area contributed by atoms with Gasteiger partial charge in [0.05, 0.1) is 22.7 Å². The summed E-state index contributed by atoms with van der Waals surface area (Å²) in [4.78, 5) is 10.3. The number of hydrogen-bond donors (Lipinski definition) is 0. The number of nitro groups is 1. The molecule has 0 amide bonds. The van der Waals surface area contributed by atoms with Crippen LogP contribution in [0.25, 0.3) is 0 Å². The van der Waals surface area contributed by atoms with E-state index in [9.17, 15) is 10.1 Å². The van der Waals surface area contributed by atoms with E-state index < -0.39 is 4.92 Å². The third kappa shape index (κ3) is 3.18. The predicted octanol–water partition coefficient (Wildman–Crippen LogP) is 3.03. The van der Waals surface area contributed by atoms with Gasteiger partial charge in [-0.05, 0) is 25.0 Å². The van der Waals surface area contributed by atoms with Crippen LogP contribution in [0, 0.1) is 21.4 Å². The molecule has 17 heavy (non-hydrogen) atoms. The summed E-state index contributed by atoms with van der Waals surface area (Å²) in [6.45, 7) is 3.92. The molecule has 0 bridgehead atoms. The molecule has 0 radical (unpaired) electrons. The van der Waals surface area contributed by atoms with E-state index in [2.05, 4.69) is 0 Å². The lowest BCUT2D eigenvalue weighted by atomic mass is 10.2. The molecule has 0 aliphatic heterocycles. The summed E-state index contributed by atoms with van der Waals surface area (Å²) < 4.78 is 5.55. The number of nitriles is 1. The van der Waals surface area contributed by atoms with Gasteiger partial charge >= 0.3 is 5.69 Å². The molecule has 0 unspecified atom stereocenters. The van der Waals surface area contributed by atoms with Gasteiger partial charge in [-0.3, -0.25) is 10.1 Å². The monoisotopic (exact) mass is 234 g/mol. The van der Waals surface area contributed by atoms with Crippen molar-refractivity contribution in [2.24, 2.45) is 0 Å². The summed E-state index contributed by atoms with van der Waals surface area (Å²) in [5.74, 6) is 0.225. The molecular formula is C12H14N2O3. The van der Waals surface area contributed by atoms with Crippen molar-refractivity contribution in [1.82, 2.24) is 0 Å². The van der Waals surface area contributed by atoms with Crippen molar-refractivity contribution in [2.75, 3.05) is 0 Å². The molecule has 5 nitrogen and oxygen atoms in total. The third-order valence-corrected chi connectivity index (χ3v) is 2.49. The lowest BCUT2D eigenvalue weighted by molar-refractivity contribution is -0.386. The maximum Gasteiger partial charge on any atom is 0.312 e. The summed E-state index contributed by atoms with van der Waals surface area (Å²) >= 11 is 0. The quantitative estimate of drug-likeness (QED) is 0.579. The van der Waals surface area contributed by atoms with Gasteiger partial charge in [-0.25, -0.2) is 0 Å². The zero-order chi connectivity index (χ0) is 12.8. The molecule has 0 heterocycles. The number of nitro benzene ring substituents is 1. The topological polar surface area (TPSA) is 76.2 Å². The highest BCUT2D eigenvalue weighted by molar-refractivity contribution is 5.51. The fraction of sp³-hybridized carbons (Fsp3) is 0.417. The van der Waals surface area contributed by atoms with Gasteiger partial charge in [-0.1, -0.05) is 13.8 Å². The number of nitrogens with zero attached hydrogens (tertiary/aromatic N) is 2. The Balaban J connectivity index is 3.07. The maximum atomic E-state index is 10.9. The fourth-order valence-corrected chi connectivity index (χ4v) is 1.46. The zero-order valence-corrected chi connectivity index (χ0v) is 9.84. The molecule has 0 aliphatic carbocycles. The van der Waals surface area contributed by atoms with Crippen molar-refractivity contribution >= 4 is 5.69 Å². The zero-order valence-electron chi connectivity index (χ0n) is 9.84. The van der Waals surface area contributed by atoms with E-state index in [-0.39, 0.29) is 23.1 Å². The second kappa shape index (κ2) is 5.85. The highest BCUT2D eigenvalue weighted by atomic mass is 16.6. The normalized spacial score (nSPS) is 10.0. The fourth-order valence-electron chi connectivity index (χ4n) is 1.46.